The third kappa shape index (κ3) is 8.38. The lowest BCUT2D eigenvalue weighted by Gasteiger charge is -2.22. The van der Waals surface area contributed by atoms with Gasteiger partial charge in [0.2, 0.25) is 5.91 Å². The minimum Gasteiger partial charge on any atom is -0.480 e. The average Bonchev–Trinajstić information content (AvgIpc) is 2.87. The highest BCUT2D eigenvalue weighted by atomic mass is 19.4. The number of carboxylic acids is 1. The summed E-state index contributed by atoms with van der Waals surface area (Å²) in [5.41, 5.74) is 0.118. The number of rotatable bonds is 10. The number of ether oxygens (including phenoxy) is 1. The van der Waals surface area contributed by atoms with E-state index >= 15 is 0 Å². The largest absolute Gasteiger partial charge is 0.480 e. The van der Waals surface area contributed by atoms with Crippen molar-refractivity contribution in [2.45, 2.75) is 37.7 Å². The molecule has 2 amide bonds. The number of alkyl carbamates (subject to hydrolysis) is 1. The third-order valence-electron chi connectivity index (χ3n) is 5.47. The van der Waals surface area contributed by atoms with Crippen LogP contribution in [0.4, 0.5) is 18.0 Å². The maximum Gasteiger partial charge on any atom is 0.416 e. The molecule has 0 aliphatic carbocycles. The van der Waals surface area contributed by atoms with Crippen LogP contribution >= 0.6 is 0 Å². The van der Waals surface area contributed by atoms with Crippen molar-refractivity contribution < 1.29 is 37.4 Å². The number of hydrogen-bond acceptors (Lipinski definition) is 4. The van der Waals surface area contributed by atoms with E-state index in [2.05, 4.69) is 10.6 Å². The molecule has 0 saturated heterocycles. The summed E-state index contributed by atoms with van der Waals surface area (Å²) < 4.78 is 45.3. The van der Waals surface area contributed by atoms with Gasteiger partial charge in [-0.15, -0.1) is 0 Å². The summed E-state index contributed by atoms with van der Waals surface area (Å²) in [6.45, 7) is -0.0572. The quantitative estimate of drug-likeness (QED) is 0.373. The fraction of sp³-hybridized carbons (Fsp3) is 0.222. The molecule has 3 N–H and O–H groups in total. The van der Waals surface area contributed by atoms with Gasteiger partial charge in [-0.1, -0.05) is 78.9 Å². The van der Waals surface area contributed by atoms with E-state index in [1.54, 1.807) is 60.7 Å². The molecule has 37 heavy (non-hydrogen) atoms. The normalized spacial score (nSPS) is 12.7. The van der Waals surface area contributed by atoms with Gasteiger partial charge in [0.15, 0.2) is 0 Å². The fourth-order valence-electron chi connectivity index (χ4n) is 3.63. The van der Waals surface area contributed by atoms with E-state index in [4.69, 9.17) is 4.74 Å². The zero-order valence-electron chi connectivity index (χ0n) is 19.6. The first-order valence-electron chi connectivity index (χ1n) is 11.3. The van der Waals surface area contributed by atoms with Crippen molar-refractivity contribution >= 4 is 18.0 Å². The topological polar surface area (TPSA) is 105 Å². The summed E-state index contributed by atoms with van der Waals surface area (Å²) in [7, 11) is 0. The third-order valence-corrected chi connectivity index (χ3v) is 5.47. The number of amides is 2. The number of halogens is 3. The lowest BCUT2D eigenvalue weighted by Crippen LogP contribution is -2.53. The SMILES string of the molecule is O=C(N[C@H](Cc1ccccc1)C(=O)N[C@@H](Cc1ccccc1C(F)(F)F)C(=O)O)OCc1ccccc1. The molecular formula is C27H25F3N2O5. The zero-order chi connectivity index (χ0) is 26.8. The van der Waals surface area contributed by atoms with Crippen molar-refractivity contribution in [3.05, 3.63) is 107 Å². The molecule has 0 bridgehead atoms. The molecule has 3 rings (SSSR count). The van der Waals surface area contributed by atoms with Crippen LogP contribution in [0.15, 0.2) is 84.9 Å². The first-order chi connectivity index (χ1) is 17.6. The molecule has 0 aromatic heterocycles. The number of benzene rings is 3. The van der Waals surface area contributed by atoms with Crippen LogP contribution in [0.2, 0.25) is 0 Å². The summed E-state index contributed by atoms with van der Waals surface area (Å²) in [4.78, 5) is 37.4. The van der Waals surface area contributed by atoms with Gasteiger partial charge in [0.05, 0.1) is 5.56 Å². The van der Waals surface area contributed by atoms with Gasteiger partial charge < -0.3 is 20.5 Å². The summed E-state index contributed by atoms with van der Waals surface area (Å²) in [5.74, 6) is -2.40. The van der Waals surface area contributed by atoms with Crippen LogP contribution in [0.5, 0.6) is 0 Å². The van der Waals surface area contributed by atoms with Crippen LogP contribution in [0.25, 0.3) is 0 Å². The molecule has 0 saturated carbocycles. The van der Waals surface area contributed by atoms with Gasteiger partial charge in [0.1, 0.15) is 18.7 Å². The molecule has 7 nitrogen and oxygen atoms in total. The van der Waals surface area contributed by atoms with Gasteiger partial charge in [0, 0.05) is 12.8 Å². The van der Waals surface area contributed by atoms with Gasteiger partial charge in [-0.3, -0.25) is 4.79 Å². The Morgan fingerprint density at radius 3 is 1.92 bits per heavy atom. The van der Waals surface area contributed by atoms with Gasteiger partial charge in [-0.05, 0) is 22.8 Å². The molecule has 0 radical (unpaired) electrons. The minimum absolute atomic E-state index is 0.00140. The maximum atomic E-state index is 13.4. The lowest BCUT2D eigenvalue weighted by molar-refractivity contribution is -0.143. The van der Waals surface area contributed by atoms with Gasteiger partial charge in [0.25, 0.3) is 0 Å². The Kier molecular flexibility index (Phi) is 9.26. The lowest BCUT2D eigenvalue weighted by atomic mass is 9.99. The number of carboxylic acid groups (broad SMARTS) is 1. The second-order valence-electron chi connectivity index (χ2n) is 8.21. The predicted octanol–water partition coefficient (Wildman–Crippen LogP) is 4.36. The highest BCUT2D eigenvalue weighted by Crippen LogP contribution is 2.32. The highest BCUT2D eigenvalue weighted by Gasteiger charge is 2.35. The predicted molar refractivity (Wildman–Crippen MR) is 128 cm³/mol. The summed E-state index contributed by atoms with van der Waals surface area (Å²) in [5, 5.41) is 14.3. The number of hydrogen-bond donors (Lipinski definition) is 3. The van der Waals surface area contributed by atoms with Crippen LogP contribution < -0.4 is 10.6 Å². The molecule has 0 heterocycles. The fourth-order valence-corrected chi connectivity index (χ4v) is 3.63. The van der Waals surface area contributed by atoms with Crippen LogP contribution in [0.1, 0.15) is 22.3 Å². The van der Waals surface area contributed by atoms with E-state index in [0.29, 0.717) is 5.56 Å². The van der Waals surface area contributed by atoms with Crippen LogP contribution in [0, 0.1) is 0 Å². The average molecular weight is 515 g/mol. The standard InChI is InChI=1S/C27H25F3N2O5/c28-27(29,30)21-14-8-7-13-20(21)16-23(25(34)35)31-24(33)22(15-18-9-3-1-4-10-18)32-26(36)37-17-19-11-5-2-6-12-19/h1-14,22-23H,15-17H2,(H,31,33)(H,32,36)(H,34,35)/t22-,23+/m1/s1. The van der Waals surface area contributed by atoms with Crippen molar-refractivity contribution in [2.75, 3.05) is 0 Å². The van der Waals surface area contributed by atoms with Crippen molar-refractivity contribution in [2.24, 2.45) is 0 Å². The molecule has 194 valence electrons. The molecule has 0 aliphatic heterocycles. The first kappa shape index (κ1) is 27.3. The van der Waals surface area contributed by atoms with E-state index in [1.807, 2.05) is 0 Å². The van der Waals surface area contributed by atoms with Gasteiger partial charge in [-0.25, -0.2) is 9.59 Å². The van der Waals surface area contributed by atoms with Crippen molar-refractivity contribution in [3.63, 3.8) is 0 Å². The van der Waals surface area contributed by atoms with Gasteiger partial charge in [-0.2, -0.15) is 13.2 Å². The summed E-state index contributed by atoms with van der Waals surface area (Å²) in [6.07, 6.45) is -6.20. The van der Waals surface area contributed by atoms with Gasteiger partial charge >= 0.3 is 18.2 Å². The van der Waals surface area contributed by atoms with Crippen LogP contribution in [0.3, 0.4) is 0 Å². The molecule has 3 aromatic carbocycles. The van der Waals surface area contributed by atoms with E-state index in [1.165, 1.54) is 12.1 Å². The second-order valence-corrected chi connectivity index (χ2v) is 8.21. The molecule has 0 spiro atoms. The highest BCUT2D eigenvalue weighted by molar-refractivity contribution is 5.89. The second kappa shape index (κ2) is 12.6. The first-order valence-corrected chi connectivity index (χ1v) is 11.3. The van der Waals surface area contributed by atoms with Crippen LogP contribution in [-0.4, -0.2) is 35.2 Å². The van der Waals surface area contributed by atoms with E-state index < -0.39 is 48.2 Å². The van der Waals surface area contributed by atoms with Crippen LogP contribution in [-0.2, 0) is 40.0 Å². The Balaban J connectivity index is 1.75. The molecule has 2 atom stereocenters. The monoisotopic (exact) mass is 514 g/mol. The Morgan fingerprint density at radius 2 is 1.32 bits per heavy atom. The molecule has 0 aliphatic rings. The zero-order valence-corrected chi connectivity index (χ0v) is 19.6. The molecule has 0 unspecified atom stereocenters. The number of carbonyl (C=O) groups is 3. The molecule has 0 fully saturated rings. The van der Waals surface area contributed by atoms with E-state index in [9.17, 15) is 32.7 Å². The van der Waals surface area contributed by atoms with Crippen molar-refractivity contribution in [1.29, 1.82) is 0 Å². The minimum atomic E-state index is -4.69. The summed E-state index contributed by atoms with van der Waals surface area (Å²) in [6, 6.07) is 19.1. The molecule has 3 aromatic rings. The molecule has 10 heteroatoms. The Bertz CT molecular complexity index is 1200. The number of alkyl halides is 3. The molecular weight excluding hydrogens is 489 g/mol. The van der Waals surface area contributed by atoms with Crippen molar-refractivity contribution in [1.82, 2.24) is 10.6 Å². The number of aliphatic carboxylic acids is 1. The Hall–Kier alpha value is -4.34. The Labute approximate surface area is 211 Å². The number of nitrogens with one attached hydrogen (secondary N) is 2. The van der Waals surface area contributed by atoms with E-state index in [0.717, 1.165) is 17.7 Å². The Morgan fingerprint density at radius 1 is 0.757 bits per heavy atom. The van der Waals surface area contributed by atoms with Crippen molar-refractivity contribution in [3.8, 4) is 0 Å². The van der Waals surface area contributed by atoms with E-state index in [-0.39, 0.29) is 18.6 Å². The number of carbonyl (C=O) groups excluding carboxylic acids is 2. The summed E-state index contributed by atoms with van der Waals surface area (Å²) >= 11 is 0. The smallest absolute Gasteiger partial charge is 0.416 e. The maximum absolute atomic E-state index is 13.4.